The third-order valence-corrected chi connectivity index (χ3v) is 14.5. The van der Waals surface area contributed by atoms with E-state index in [1.165, 1.54) is 26.6 Å². The van der Waals surface area contributed by atoms with Crippen molar-refractivity contribution in [2.45, 2.75) is 161 Å². The summed E-state index contributed by atoms with van der Waals surface area (Å²) in [5.41, 5.74) is 1.87. The maximum atomic E-state index is 12.6. The third-order valence-electron chi connectivity index (χ3n) is 14.0. The van der Waals surface area contributed by atoms with Crippen molar-refractivity contribution in [3.63, 3.8) is 0 Å². The number of phosphoric ester groups is 1. The van der Waals surface area contributed by atoms with Gasteiger partial charge in [0.25, 0.3) is 5.91 Å². The minimum Gasteiger partial charge on any atom is -0.448 e. The van der Waals surface area contributed by atoms with Crippen LogP contribution >= 0.6 is 7.82 Å². The molecule has 1 amide bonds. The number of allylic oxidation sites excluding steroid dienone is 7. The summed E-state index contributed by atoms with van der Waals surface area (Å²) in [6.45, 7) is 16.6. The zero-order chi connectivity index (χ0) is 52.9. The summed E-state index contributed by atoms with van der Waals surface area (Å²) < 4.78 is 48.2. The van der Waals surface area contributed by atoms with Crippen LogP contribution in [0, 0.1) is 34.5 Å². The first kappa shape index (κ1) is 60.9. The van der Waals surface area contributed by atoms with E-state index < -0.39 is 97.7 Å². The second-order valence-electron chi connectivity index (χ2n) is 19.9. The number of hydrogen-bond donors (Lipinski definition) is 8. The van der Waals surface area contributed by atoms with Crippen LogP contribution in [0.15, 0.2) is 63.9 Å². The molecule has 15 atom stereocenters. The zero-order valence-electron chi connectivity index (χ0n) is 43.1. The molecule has 0 aliphatic carbocycles. The number of nitrogens with one attached hydrogen (secondary N) is 1. The lowest BCUT2D eigenvalue weighted by molar-refractivity contribution is -0.334. The van der Waals surface area contributed by atoms with Crippen LogP contribution in [0.3, 0.4) is 0 Å². The topological polar surface area (TPSA) is 287 Å². The van der Waals surface area contributed by atoms with Gasteiger partial charge < -0.3 is 68.9 Å². The van der Waals surface area contributed by atoms with Crippen LogP contribution in [0.25, 0.3) is 6.08 Å². The van der Waals surface area contributed by atoms with E-state index in [0.717, 1.165) is 16.7 Å². The maximum Gasteiger partial charge on any atom is 0.469 e. The van der Waals surface area contributed by atoms with Gasteiger partial charge >= 0.3 is 7.82 Å². The van der Waals surface area contributed by atoms with E-state index in [1.807, 2.05) is 78.0 Å². The first-order chi connectivity index (χ1) is 32.6. The van der Waals surface area contributed by atoms with E-state index in [-0.39, 0.29) is 44.2 Å². The van der Waals surface area contributed by atoms with Crippen LogP contribution in [-0.4, -0.2) is 159 Å². The van der Waals surface area contributed by atoms with Crippen LogP contribution in [0.1, 0.15) is 105 Å². The Morgan fingerprint density at radius 2 is 1.76 bits per heavy atom. The predicted molar refractivity (Wildman–Crippen MR) is 262 cm³/mol. The highest BCUT2D eigenvalue weighted by molar-refractivity contribution is 7.46. The SMILES string of the molecule is COC[C@@H]([C@H](O)[C@H](O)C(=O)NCC[C@H](C)c1nc(/C=C/C[C@@H]2O[C@]3(C[C@@H](O)[C@H]2C)O[C@H]([C@H](C[C@H](O)[C@H](C)[C@H](O)[C@H](C)/C=C(C)/C(C)=C/C=C/C(C)=C\C#N)OC)[C@H](OP(=O)(O)O)C3(C)C)co1)N(C)C. The van der Waals surface area contributed by atoms with Crippen molar-refractivity contribution in [1.82, 2.24) is 15.2 Å². The first-order valence-electron chi connectivity index (χ1n) is 23.8. The Hall–Kier alpha value is -3.42. The number of amides is 1. The molecule has 1 aromatic rings. The van der Waals surface area contributed by atoms with Crippen LogP contribution in [0.5, 0.6) is 0 Å². The molecule has 396 valence electrons. The van der Waals surface area contributed by atoms with E-state index in [4.69, 9.17) is 33.2 Å². The van der Waals surface area contributed by atoms with Crippen molar-refractivity contribution >= 4 is 19.8 Å². The average molecular weight is 1010 g/mol. The number of rotatable bonds is 26. The fraction of sp³-hybridized carbons (Fsp3) is 0.700. The fourth-order valence-electron chi connectivity index (χ4n) is 8.96. The molecule has 0 saturated carbocycles. The van der Waals surface area contributed by atoms with Crippen LogP contribution < -0.4 is 5.32 Å². The van der Waals surface area contributed by atoms with Crippen LogP contribution in [-0.2, 0) is 32.8 Å². The van der Waals surface area contributed by atoms with Gasteiger partial charge in [-0.1, -0.05) is 77.5 Å². The number of aromatic nitrogens is 1. The Bertz CT molecular complexity index is 2080. The highest BCUT2D eigenvalue weighted by atomic mass is 31.2. The van der Waals surface area contributed by atoms with Gasteiger partial charge in [0.1, 0.15) is 30.3 Å². The van der Waals surface area contributed by atoms with Gasteiger partial charge in [-0.25, -0.2) is 9.55 Å². The molecule has 1 aromatic heterocycles. The van der Waals surface area contributed by atoms with E-state index in [1.54, 1.807) is 45.8 Å². The number of hydrogen-bond acceptors (Lipinski definition) is 16. The highest BCUT2D eigenvalue weighted by Gasteiger charge is 2.68. The highest BCUT2D eigenvalue weighted by Crippen LogP contribution is 2.59. The largest absolute Gasteiger partial charge is 0.469 e. The lowest BCUT2D eigenvalue weighted by atomic mass is 9.72. The van der Waals surface area contributed by atoms with Gasteiger partial charge in [0.15, 0.2) is 17.8 Å². The summed E-state index contributed by atoms with van der Waals surface area (Å²) in [6, 6.07) is 1.40. The molecule has 19 nitrogen and oxygen atoms in total. The lowest BCUT2D eigenvalue weighted by Gasteiger charge is -2.50. The second-order valence-corrected chi connectivity index (χ2v) is 21.1. The Labute approximate surface area is 414 Å². The summed E-state index contributed by atoms with van der Waals surface area (Å²) in [5.74, 6) is -3.63. The number of nitriles is 1. The van der Waals surface area contributed by atoms with Gasteiger partial charge in [0.05, 0.1) is 49.2 Å². The van der Waals surface area contributed by atoms with E-state index in [9.17, 15) is 44.7 Å². The molecule has 0 bridgehead atoms. The summed E-state index contributed by atoms with van der Waals surface area (Å²) in [5, 5.41) is 67.1. The summed E-state index contributed by atoms with van der Waals surface area (Å²) in [7, 11) is 1.12. The Morgan fingerprint density at radius 1 is 1.09 bits per heavy atom. The number of oxazole rings is 1. The van der Waals surface area contributed by atoms with Gasteiger partial charge in [-0.2, -0.15) is 5.26 Å². The van der Waals surface area contributed by atoms with Crippen LogP contribution in [0.2, 0.25) is 0 Å². The molecular weight excluding hydrogens is 928 g/mol. The minimum atomic E-state index is -5.15. The van der Waals surface area contributed by atoms with Crippen molar-refractivity contribution in [3.8, 4) is 6.07 Å². The first-order valence-corrected chi connectivity index (χ1v) is 25.4. The number of methoxy groups -OCH3 is 2. The molecule has 3 rings (SSSR count). The lowest BCUT2D eigenvalue weighted by Crippen LogP contribution is -2.58. The summed E-state index contributed by atoms with van der Waals surface area (Å²) >= 11 is 0. The van der Waals surface area contributed by atoms with E-state index in [0.29, 0.717) is 18.0 Å². The molecule has 20 heteroatoms. The number of phosphoric acid groups is 1. The van der Waals surface area contributed by atoms with Gasteiger partial charge in [-0.05, 0) is 64.9 Å². The van der Waals surface area contributed by atoms with Gasteiger partial charge in [-0.15, -0.1) is 0 Å². The number of ether oxygens (including phenoxy) is 4. The molecule has 0 aromatic carbocycles. The maximum absolute atomic E-state index is 12.6. The molecule has 8 N–H and O–H groups in total. The number of carbonyl (C=O) groups excluding carboxylic acids is 1. The molecule has 3 heterocycles. The fourth-order valence-corrected chi connectivity index (χ4v) is 9.64. The Kier molecular flexibility index (Phi) is 23.5. The average Bonchev–Trinajstić information content (AvgIpc) is 3.84. The number of likely N-dealkylation sites (N-methyl/N-ethyl adjacent to an activating group) is 1. The number of carbonyl (C=O) groups is 1. The molecule has 2 saturated heterocycles. The molecule has 0 unspecified atom stereocenters. The molecule has 2 aliphatic rings. The molecule has 70 heavy (non-hydrogen) atoms. The van der Waals surface area contributed by atoms with Crippen molar-refractivity contribution in [3.05, 3.63) is 71.0 Å². The molecular formula is C50H81N4O15P. The van der Waals surface area contributed by atoms with E-state index in [2.05, 4.69) is 10.3 Å². The smallest absolute Gasteiger partial charge is 0.448 e. The normalized spacial score (nSPS) is 27.6. The van der Waals surface area contributed by atoms with E-state index >= 15 is 0 Å². The quantitative estimate of drug-likeness (QED) is 0.0355. The summed E-state index contributed by atoms with van der Waals surface area (Å²) in [4.78, 5) is 39.2. The molecule has 2 aliphatic heterocycles. The minimum absolute atomic E-state index is 0.0645. The second kappa shape index (κ2) is 27.0. The molecule has 1 spiro atoms. The molecule has 2 fully saturated rings. The van der Waals surface area contributed by atoms with Crippen molar-refractivity contribution in [2.24, 2.45) is 23.2 Å². The molecule has 0 radical (unpaired) electrons. The van der Waals surface area contributed by atoms with Crippen molar-refractivity contribution < 1.29 is 72.6 Å². The number of aliphatic hydroxyl groups is 5. The van der Waals surface area contributed by atoms with Gasteiger partial charge in [-0.3, -0.25) is 9.32 Å². The van der Waals surface area contributed by atoms with Gasteiger partial charge in [0, 0.05) is 68.8 Å². The standard InChI is InChI=1S/C50H81N4O15P/c1-29(20-22-51)16-14-17-30(2)32(4)24-33(5)42(57)35(7)38(55)25-41(65-13)45-46(69-70(61,62)63)49(8,9)50(68-45)26-39(56)34(6)40(67-50)19-15-18-36-27-66-48(53-36)31(3)21-23-52-47(60)44(59)43(58)37(28-64-12)54(10)11/h14-18,20,24,27,31,33-35,37-46,55-59H,19,21,23,25-26,28H2,1-13H3,(H,52,60)(H2,61,62,63)/b16-14+,18-15+,29-20-,30-17+,32-24+/t31-,33+,34+,35-,37-,38-,39+,40-,41-,42+,43-,44-,45+,46-,50+/m0/s1. The van der Waals surface area contributed by atoms with Gasteiger partial charge in [0.2, 0.25) is 0 Å². The van der Waals surface area contributed by atoms with Crippen molar-refractivity contribution in [1.29, 1.82) is 5.26 Å². The van der Waals surface area contributed by atoms with Crippen molar-refractivity contribution in [2.75, 3.05) is 41.5 Å². The Morgan fingerprint density at radius 3 is 2.36 bits per heavy atom. The summed E-state index contributed by atoms with van der Waals surface area (Å²) in [6.07, 6.45) is 4.10. The van der Waals surface area contributed by atoms with Crippen LogP contribution in [0.4, 0.5) is 0 Å². The monoisotopic (exact) mass is 1010 g/mol. The third kappa shape index (κ3) is 16.3. The Balaban J connectivity index is 1.74. The number of aliphatic hydroxyl groups excluding tert-OH is 5. The number of nitrogens with zero attached hydrogens (tertiary/aromatic N) is 3. The zero-order valence-corrected chi connectivity index (χ0v) is 44.0. The predicted octanol–water partition coefficient (Wildman–Crippen LogP) is 4.69.